The predicted molar refractivity (Wildman–Crippen MR) is 149 cm³/mol. The van der Waals surface area contributed by atoms with Crippen LogP contribution >= 0.6 is 22.9 Å². The van der Waals surface area contributed by atoms with E-state index in [0.717, 1.165) is 5.56 Å². The number of benzene rings is 2. The van der Waals surface area contributed by atoms with Gasteiger partial charge in [-0.05, 0) is 44.5 Å². The lowest BCUT2D eigenvalue weighted by Gasteiger charge is -2.29. The number of likely N-dealkylation sites (N-methyl/N-ethyl adjacent to an activating group) is 1. The number of hydrogen-bond acceptors (Lipinski definition) is 7. The van der Waals surface area contributed by atoms with E-state index in [2.05, 4.69) is 0 Å². The van der Waals surface area contributed by atoms with Gasteiger partial charge in [0.25, 0.3) is 11.5 Å². The van der Waals surface area contributed by atoms with Crippen LogP contribution in [-0.4, -0.2) is 49.8 Å². The first-order valence-corrected chi connectivity index (χ1v) is 13.3. The quantitative estimate of drug-likeness (QED) is 0.422. The lowest BCUT2D eigenvalue weighted by atomic mass is 9.94. The summed E-state index contributed by atoms with van der Waals surface area (Å²) in [6, 6.07) is 10.0. The maximum Gasteiger partial charge on any atom is 0.271 e. The van der Waals surface area contributed by atoms with Crippen molar-refractivity contribution in [1.29, 1.82) is 0 Å². The van der Waals surface area contributed by atoms with Crippen LogP contribution in [0.1, 0.15) is 37.9 Å². The molecule has 1 atom stereocenters. The number of aromatic nitrogens is 1. The number of halogens is 1. The molecule has 0 saturated carbocycles. The number of rotatable bonds is 8. The second-order valence-electron chi connectivity index (χ2n) is 8.56. The van der Waals surface area contributed by atoms with Gasteiger partial charge in [-0.2, -0.15) is 0 Å². The fourth-order valence-electron chi connectivity index (χ4n) is 4.54. The fraction of sp³-hybridized carbons (Fsp3) is 0.321. The van der Waals surface area contributed by atoms with Gasteiger partial charge in [-0.3, -0.25) is 14.2 Å². The molecule has 1 amide bonds. The summed E-state index contributed by atoms with van der Waals surface area (Å²) in [5.74, 6) is 1.41. The Morgan fingerprint density at radius 1 is 1.08 bits per heavy atom. The number of allylic oxidation sites excluding steroid dienone is 1. The minimum Gasteiger partial charge on any atom is -0.496 e. The lowest BCUT2D eigenvalue weighted by molar-refractivity contribution is -0.127. The molecule has 1 aliphatic heterocycles. The largest absolute Gasteiger partial charge is 0.496 e. The molecule has 0 spiro atoms. The van der Waals surface area contributed by atoms with Crippen LogP contribution in [-0.2, 0) is 4.79 Å². The number of thiazole rings is 1. The van der Waals surface area contributed by atoms with Crippen LogP contribution in [0.15, 0.2) is 57.5 Å². The zero-order valence-electron chi connectivity index (χ0n) is 22.2. The van der Waals surface area contributed by atoms with Crippen LogP contribution in [0.3, 0.4) is 0 Å². The van der Waals surface area contributed by atoms with Crippen LogP contribution in [0, 0.1) is 0 Å². The van der Waals surface area contributed by atoms with Crippen molar-refractivity contribution >= 4 is 34.9 Å². The predicted octanol–water partition coefficient (Wildman–Crippen LogP) is 3.78. The highest BCUT2D eigenvalue weighted by molar-refractivity contribution is 7.07. The van der Waals surface area contributed by atoms with E-state index in [9.17, 15) is 9.59 Å². The molecular weight excluding hydrogens is 526 g/mol. The van der Waals surface area contributed by atoms with Crippen LogP contribution in [0.2, 0.25) is 5.02 Å². The molecular formula is C28H30ClN3O5S. The third-order valence-corrected chi connectivity index (χ3v) is 7.75. The summed E-state index contributed by atoms with van der Waals surface area (Å²) in [7, 11) is 4.65. The number of fused-ring (bicyclic) bond motifs is 1. The minimum absolute atomic E-state index is 0.149. The van der Waals surface area contributed by atoms with Crippen molar-refractivity contribution in [3.05, 3.63) is 83.5 Å². The second kappa shape index (κ2) is 11.4. The third-order valence-electron chi connectivity index (χ3n) is 6.52. The van der Waals surface area contributed by atoms with Gasteiger partial charge in [0.1, 0.15) is 17.2 Å². The zero-order valence-corrected chi connectivity index (χ0v) is 23.8. The van der Waals surface area contributed by atoms with E-state index < -0.39 is 6.04 Å². The number of methoxy groups -OCH3 is 3. The van der Waals surface area contributed by atoms with Crippen LogP contribution in [0.4, 0.5) is 0 Å². The summed E-state index contributed by atoms with van der Waals surface area (Å²) in [5.41, 5.74) is 2.14. The smallest absolute Gasteiger partial charge is 0.271 e. The van der Waals surface area contributed by atoms with Crippen LogP contribution in [0.5, 0.6) is 17.2 Å². The average molecular weight is 556 g/mol. The van der Waals surface area contributed by atoms with Gasteiger partial charge in [-0.1, -0.05) is 35.1 Å². The van der Waals surface area contributed by atoms with Crippen molar-refractivity contribution < 1.29 is 19.0 Å². The highest BCUT2D eigenvalue weighted by atomic mass is 35.5. The molecule has 3 aromatic rings. The third kappa shape index (κ3) is 4.96. The molecule has 1 aliphatic rings. The van der Waals surface area contributed by atoms with Gasteiger partial charge in [-0.15, -0.1) is 0 Å². The molecule has 0 N–H and O–H groups in total. The normalized spacial score (nSPS) is 15.1. The Hall–Kier alpha value is -3.56. The number of amides is 1. The summed E-state index contributed by atoms with van der Waals surface area (Å²) in [5, 5.41) is 0.567. The molecule has 1 aromatic heterocycles. The van der Waals surface area contributed by atoms with E-state index in [4.69, 9.17) is 30.8 Å². The van der Waals surface area contributed by atoms with E-state index in [1.165, 1.54) is 11.3 Å². The van der Waals surface area contributed by atoms with Crippen molar-refractivity contribution in [1.82, 2.24) is 9.47 Å². The van der Waals surface area contributed by atoms with Gasteiger partial charge < -0.3 is 19.1 Å². The molecule has 200 valence electrons. The molecule has 0 fully saturated rings. The molecule has 4 rings (SSSR count). The first-order chi connectivity index (χ1) is 18.3. The summed E-state index contributed by atoms with van der Waals surface area (Å²) in [6.07, 6.45) is 1.73. The number of carbonyl (C=O) groups excluding carboxylic acids is 1. The Morgan fingerprint density at radius 2 is 1.68 bits per heavy atom. The van der Waals surface area contributed by atoms with Crippen LogP contribution in [0.25, 0.3) is 6.08 Å². The Bertz CT molecular complexity index is 1540. The van der Waals surface area contributed by atoms with Crippen LogP contribution < -0.4 is 29.1 Å². The van der Waals surface area contributed by atoms with E-state index in [1.54, 1.807) is 61.1 Å². The Morgan fingerprint density at radius 3 is 2.21 bits per heavy atom. The Labute approximate surface area is 230 Å². The van der Waals surface area contributed by atoms with E-state index in [0.29, 0.717) is 61.5 Å². The van der Waals surface area contributed by atoms with Gasteiger partial charge in [0.2, 0.25) is 0 Å². The van der Waals surface area contributed by atoms with Crippen molar-refractivity contribution in [3.8, 4) is 17.2 Å². The maximum atomic E-state index is 14.0. The topological polar surface area (TPSA) is 82.4 Å². The van der Waals surface area contributed by atoms with Gasteiger partial charge in [0.05, 0.1) is 48.7 Å². The molecule has 10 heteroatoms. The molecule has 0 aliphatic carbocycles. The van der Waals surface area contributed by atoms with Crippen molar-refractivity contribution in [2.45, 2.75) is 26.8 Å². The first kappa shape index (κ1) is 27.5. The molecule has 2 aromatic carbocycles. The Kier molecular flexibility index (Phi) is 8.28. The number of ether oxygens (including phenoxy) is 3. The van der Waals surface area contributed by atoms with Crippen molar-refractivity contribution in [3.63, 3.8) is 0 Å². The monoisotopic (exact) mass is 555 g/mol. The highest BCUT2D eigenvalue weighted by Crippen LogP contribution is 2.35. The molecule has 0 radical (unpaired) electrons. The van der Waals surface area contributed by atoms with E-state index in [1.807, 2.05) is 32.9 Å². The zero-order chi connectivity index (χ0) is 27.6. The number of carbonyl (C=O) groups is 1. The molecule has 0 saturated heterocycles. The summed E-state index contributed by atoms with van der Waals surface area (Å²) < 4.78 is 18.5. The number of nitrogens with zero attached hydrogens (tertiary/aromatic N) is 3. The molecule has 38 heavy (non-hydrogen) atoms. The summed E-state index contributed by atoms with van der Waals surface area (Å²) >= 11 is 7.41. The summed E-state index contributed by atoms with van der Waals surface area (Å²) in [6.45, 7) is 6.76. The minimum atomic E-state index is -0.654. The van der Waals surface area contributed by atoms with Gasteiger partial charge in [-0.25, -0.2) is 4.99 Å². The summed E-state index contributed by atoms with van der Waals surface area (Å²) in [4.78, 5) is 34.6. The van der Waals surface area contributed by atoms with E-state index >= 15 is 0 Å². The first-order valence-electron chi connectivity index (χ1n) is 12.1. The molecule has 1 unspecified atom stereocenters. The van der Waals surface area contributed by atoms with E-state index in [-0.39, 0.29) is 11.5 Å². The second-order valence-corrected chi connectivity index (χ2v) is 10.0. The molecule has 2 heterocycles. The molecule has 8 nitrogen and oxygen atoms in total. The van der Waals surface area contributed by atoms with Gasteiger partial charge >= 0.3 is 0 Å². The lowest BCUT2D eigenvalue weighted by Crippen LogP contribution is -2.43. The van der Waals surface area contributed by atoms with Gasteiger partial charge in [0.15, 0.2) is 4.80 Å². The van der Waals surface area contributed by atoms with Gasteiger partial charge in [0, 0.05) is 30.2 Å². The Balaban J connectivity index is 1.99. The average Bonchev–Trinajstić information content (AvgIpc) is 3.23. The SMILES string of the molecule is CCN(CC)C(=O)C1=C(C)N=c2s/c(=C\c3c(OC)cc(OC)cc3OC)c(=O)n2C1c1ccc(Cl)cc1. The fourth-order valence-corrected chi connectivity index (χ4v) is 5.70. The maximum absolute atomic E-state index is 14.0. The van der Waals surface area contributed by atoms with Crippen molar-refractivity contribution in [2.24, 2.45) is 4.99 Å². The number of hydrogen-bond donors (Lipinski definition) is 0. The standard InChI is InChI=1S/C28H30ClN3O5S/c1-7-31(8-2)27(34)24-16(3)30-28-32(25(24)17-9-11-18(29)12-10-17)26(33)23(38-28)15-20-21(36-5)13-19(35-4)14-22(20)37-6/h9-15,25H,7-8H2,1-6H3/b23-15-. The van der Waals surface area contributed by atoms with Crippen molar-refractivity contribution in [2.75, 3.05) is 34.4 Å². The molecule has 0 bridgehead atoms. The highest BCUT2D eigenvalue weighted by Gasteiger charge is 2.34.